The highest BCUT2D eigenvalue weighted by atomic mass is 32.1. The van der Waals surface area contributed by atoms with Crippen molar-refractivity contribution in [2.24, 2.45) is 0 Å². The van der Waals surface area contributed by atoms with Crippen molar-refractivity contribution in [2.75, 3.05) is 31.5 Å². The van der Waals surface area contributed by atoms with Crippen molar-refractivity contribution in [1.82, 2.24) is 10.2 Å². The topological polar surface area (TPSA) is 44.4 Å². The number of carbonyl (C=O) groups is 1. The minimum atomic E-state index is 0.0181. The first-order valence-corrected chi connectivity index (χ1v) is 11.8. The van der Waals surface area contributed by atoms with Crippen LogP contribution in [0.5, 0.6) is 0 Å². The zero-order valence-electron chi connectivity index (χ0n) is 19.0. The van der Waals surface area contributed by atoms with Gasteiger partial charge in [-0.25, -0.2) is 0 Å². The van der Waals surface area contributed by atoms with E-state index in [4.69, 9.17) is 12.2 Å². The fraction of sp³-hybridized carbons (Fsp3) is 0.462. The van der Waals surface area contributed by atoms with Crippen LogP contribution in [0.4, 0.5) is 5.69 Å². The zero-order valence-corrected chi connectivity index (χ0v) is 19.9. The molecule has 0 spiro atoms. The summed E-state index contributed by atoms with van der Waals surface area (Å²) >= 11 is 5.44. The molecule has 0 amide bonds. The number of hydrogen-bond acceptors (Lipinski definition) is 3. The molecule has 0 saturated carbocycles. The molecule has 2 N–H and O–H groups in total. The van der Waals surface area contributed by atoms with Crippen molar-refractivity contribution >= 4 is 28.8 Å². The van der Waals surface area contributed by atoms with Crippen LogP contribution in [-0.2, 0) is 5.41 Å². The molecule has 0 radical (unpaired) electrons. The van der Waals surface area contributed by atoms with Crippen LogP contribution < -0.4 is 10.6 Å². The third-order valence-electron chi connectivity index (χ3n) is 5.78. The van der Waals surface area contributed by atoms with Gasteiger partial charge in [0.15, 0.2) is 10.9 Å². The van der Waals surface area contributed by atoms with E-state index in [9.17, 15) is 4.79 Å². The molecule has 1 fully saturated rings. The monoisotopic (exact) mass is 437 g/mol. The predicted octanol–water partition coefficient (Wildman–Crippen LogP) is 5.38. The Balaban J connectivity index is 1.51. The lowest BCUT2D eigenvalue weighted by atomic mass is 9.86. The number of anilines is 1. The molecule has 0 atom stereocenters. The molecule has 31 heavy (non-hydrogen) atoms. The molecule has 1 aliphatic rings. The Morgan fingerprint density at radius 1 is 1.00 bits per heavy atom. The SMILES string of the molecule is CC(C)(C)c1ccc(C(=O)c2cccc(NC(=S)NCCCN3CCCCC3)c2)cc1. The van der Waals surface area contributed by atoms with Crippen LogP contribution in [0.1, 0.15) is 67.9 Å². The van der Waals surface area contributed by atoms with Gasteiger partial charge < -0.3 is 15.5 Å². The average Bonchev–Trinajstić information content (AvgIpc) is 2.76. The minimum absolute atomic E-state index is 0.0181. The Kier molecular flexibility index (Phi) is 8.22. The maximum absolute atomic E-state index is 12.9. The van der Waals surface area contributed by atoms with Gasteiger partial charge in [0.2, 0.25) is 0 Å². The molecule has 0 unspecified atom stereocenters. The van der Waals surface area contributed by atoms with E-state index in [1.54, 1.807) is 0 Å². The largest absolute Gasteiger partial charge is 0.362 e. The molecular formula is C26H35N3OS. The van der Waals surface area contributed by atoms with Gasteiger partial charge in [-0.3, -0.25) is 4.79 Å². The number of nitrogens with zero attached hydrogens (tertiary/aromatic N) is 1. The number of nitrogens with one attached hydrogen (secondary N) is 2. The number of carbonyl (C=O) groups excluding carboxylic acids is 1. The van der Waals surface area contributed by atoms with E-state index < -0.39 is 0 Å². The van der Waals surface area contributed by atoms with E-state index in [-0.39, 0.29) is 11.2 Å². The Morgan fingerprint density at radius 2 is 1.71 bits per heavy atom. The van der Waals surface area contributed by atoms with E-state index in [2.05, 4.69) is 36.3 Å². The fourth-order valence-electron chi connectivity index (χ4n) is 3.89. The van der Waals surface area contributed by atoms with Crippen molar-refractivity contribution < 1.29 is 4.79 Å². The number of thiocarbonyl (C=S) groups is 1. The molecule has 166 valence electrons. The maximum Gasteiger partial charge on any atom is 0.193 e. The first-order valence-electron chi connectivity index (χ1n) is 11.4. The smallest absolute Gasteiger partial charge is 0.193 e. The van der Waals surface area contributed by atoms with Crippen LogP contribution >= 0.6 is 12.2 Å². The normalized spacial score (nSPS) is 14.8. The summed E-state index contributed by atoms with van der Waals surface area (Å²) in [7, 11) is 0. The number of likely N-dealkylation sites (tertiary alicyclic amines) is 1. The molecule has 4 nitrogen and oxygen atoms in total. The maximum atomic E-state index is 12.9. The molecule has 1 saturated heterocycles. The number of benzene rings is 2. The summed E-state index contributed by atoms with van der Waals surface area (Å²) in [5.74, 6) is 0.0181. The lowest BCUT2D eigenvalue weighted by Gasteiger charge is -2.26. The highest BCUT2D eigenvalue weighted by Crippen LogP contribution is 2.23. The van der Waals surface area contributed by atoms with Crippen LogP contribution in [-0.4, -0.2) is 42.0 Å². The molecule has 1 heterocycles. The summed E-state index contributed by atoms with van der Waals surface area (Å²) < 4.78 is 0. The van der Waals surface area contributed by atoms with Crippen molar-refractivity contribution in [3.05, 3.63) is 65.2 Å². The van der Waals surface area contributed by atoms with Gasteiger partial charge in [-0.1, -0.05) is 63.6 Å². The number of rotatable bonds is 7. The molecule has 1 aliphatic heterocycles. The molecule has 2 aromatic carbocycles. The third-order valence-corrected chi connectivity index (χ3v) is 6.03. The lowest BCUT2D eigenvalue weighted by Crippen LogP contribution is -2.34. The van der Waals surface area contributed by atoms with E-state index in [0.717, 1.165) is 25.2 Å². The quantitative estimate of drug-likeness (QED) is 0.346. The summed E-state index contributed by atoms with van der Waals surface area (Å²) in [6.07, 6.45) is 5.09. The van der Waals surface area contributed by atoms with Gasteiger partial charge in [0.05, 0.1) is 0 Å². The fourth-order valence-corrected chi connectivity index (χ4v) is 4.11. The second-order valence-electron chi connectivity index (χ2n) is 9.37. The Morgan fingerprint density at radius 3 is 2.39 bits per heavy atom. The lowest BCUT2D eigenvalue weighted by molar-refractivity contribution is 0.103. The van der Waals surface area contributed by atoms with Crippen LogP contribution in [0.15, 0.2) is 48.5 Å². The molecule has 2 aromatic rings. The first kappa shape index (κ1) is 23.4. The predicted molar refractivity (Wildman–Crippen MR) is 134 cm³/mol. The Labute approximate surface area is 192 Å². The second kappa shape index (κ2) is 10.9. The minimum Gasteiger partial charge on any atom is -0.362 e. The third kappa shape index (κ3) is 7.15. The van der Waals surface area contributed by atoms with Gasteiger partial charge in [0.25, 0.3) is 0 Å². The van der Waals surface area contributed by atoms with Crippen molar-refractivity contribution in [3.8, 4) is 0 Å². The van der Waals surface area contributed by atoms with Crippen molar-refractivity contribution in [3.63, 3.8) is 0 Å². The van der Waals surface area contributed by atoms with Crippen LogP contribution in [0.25, 0.3) is 0 Å². The number of ketones is 1. The molecule has 3 rings (SSSR count). The summed E-state index contributed by atoms with van der Waals surface area (Å²) in [5.41, 5.74) is 3.47. The molecular weight excluding hydrogens is 402 g/mol. The number of hydrogen-bond donors (Lipinski definition) is 2. The van der Waals surface area contributed by atoms with Gasteiger partial charge in [0.1, 0.15) is 0 Å². The van der Waals surface area contributed by atoms with Gasteiger partial charge >= 0.3 is 0 Å². The van der Waals surface area contributed by atoms with E-state index in [1.807, 2.05) is 48.5 Å². The Bertz CT molecular complexity index is 880. The van der Waals surface area contributed by atoms with Gasteiger partial charge in [0, 0.05) is 23.4 Å². The summed E-state index contributed by atoms with van der Waals surface area (Å²) in [5, 5.41) is 7.09. The molecule has 0 aliphatic carbocycles. The van der Waals surface area contributed by atoms with Crippen LogP contribution in [0.2, 0.25) is 0 Å². The Hall–Kier alpha value is -2.24. The summed E-state index contributed by atoms with van der Waals surface area (Å²) in [6.45, 7) is 10.9. The van der Waals surface area contributed by atoms with Crippen LogP contribution in [0, 0.1) is 0 Å². The number of piperidine rings is 1. The molecule has 0 aromatic heterocycles. The van der Waals surface area contributed by atoms with Crippen molar-refractivity contribution in [2.45, 2.75) is 51.9 Å². The summed E-state index contributed by atoms with van der Waals surface area (Å²) in [6, 6.07) is 15.4. The highest BCUT2D eigenvalue weighted by Gasteiger charge is 2.15. The van der Waals surface area contributed by atoms with E-state index in [1.165, 1.54) is 37.9 Å². The second-order valence-corrected chi connectivity index (χ2v) is 9.78. The van der Waals surface area contributed by atoms with E-state index >= 15 is 0 Å². The molecule has 0 bridgehead atoms. The van der Waals surface area contributed by atoms with Gasteiger partial charge in [-0.05, 0) is 74.2 Å². The summed E-state index contributed by atoms with van der Waals surface area (Å²) in [4.78, 5) is 15.5. The molecule has 5 heteroatoms. The van der Waals surface area contributed by atoms with E-state index in [0.29, 0.717) is 16.2 Å². The standard InChI is InChI=1S/C26H35N3OS/c1-26(2,3)22-13-11-20(12-14-22)24(30)21-9-7-10-23(19-21)28-25(31)27-15-8-18-29-16-5-4-6-17-29/h7,9-14,19H,4-6,8,15-18H2,1-3H3,(H2,27,28,31). The van der Waals surface area contributed by atoms with Crippen molar-refractivity contribution in [1.29, 1.82) is 0 Å². The zero-order chi connectivity index (χ0) is 22.3. The van der Waals surface area contributed by atoms with Crippen LogP contribution in [0.3, 0.4) is 0 Å². The average molecular weight is 438 g/mol. The first-order chi connectivity index (χ1) is 14.8. The highest BCUT2D eigenvalue weighted by molar-refractivity contribution is 7.80. The van der Waals surface area contributed by atoms with Gasteiger partial charge in [-0.2, -0.15) is 0 Å². The van der Waals surface area contributed by atoms with Gasteiger partial charge in [-0.15, -0.1) is 0 Å².